The number of benzene rings is 1. The Kier molecular flexibility index (Phi) is 6.29. The van der Waals surface area contributed by atoms with Gasteiger partial charge in [-0.15, -0.1) is 11.3 Å². The molecule has 1 aliphatic heterocycles. The normalized spacial score (nSPS) is 17.7. The number of esters is 1. The number of amides is 4. The Hall–Kier alpha value is -3.66. The maximum atomic E-state index is 13.0. The zero-order valence-electron chi connectivity index (χ0n) is 19.3. The number of methoxy groups -OCH3 is 1. The van der Waals surface area contributed by atoms with Crippen LogP contribution < -0.4 is 10.6 Å². The Bertz CT molecular complexity index is 1330. The Morgan fingerprint density at radius 3 is 2.80 bits per heavy atom. The fraction of sp³-hybridized carbons (Fsp3) is 0.360. The predicted molar refractivity (Wildman–Crippen MR) is 132 cm³/mol. The Balaban J connectivity index is 1.29. The van der Waals surface area contributed by atoms with Gasteiger partial charge >= 0.3 is 12.0 Å². The van der Waals surface area contributed by atoms with Crippen molar-refractivity contribution in [2.24, 2.45) is 0 Å². The van der Waals surface area contributed by atoms with E-state index in [-0.39, 0.29) is 0 Å². The second-order valence-electron chi connectivity index (χ2n) is 8.80. The topological polar surface area (TPSA) is 121 Å². The van der Waals surface area contributed by atoms with Crippen LogP contribution in [-0.4, -0.2) is 53.4 Å². The van der Waals surface area contributed by atoms with E-state index in [2.05, 4.69) is 15.6 Å². The van der Waals surface area contributed by atoms with E-state index in [1.54, 1.807) is 0 Å². The monoisotopic (exact) mass is 494 g/mol. The van der Waals surface area contributed by atoms with Crippen molar-refractivity contribution in [2.75, 3.05) is 19.0 Å². The first-order chi connectivity index (χ1) is 17.0. The van der Waals surface area contributed by atoms with Gasteiger partial charge in [0.05, 0.1) is 12.7 Å². The van der Waals surface area contributed by atoms with Crippen LogP contribution in [0, 0.1) is 0 Å². The first-order valence-electron chi connectivity index (χ1n) is 11.7. The van der Waals surface area contributed by atoms with Gasteiger partial charge in [-0.05, 0) is 42.9 Å². The summed E-state index contributed by atoms with van der Waals surface area (Å²) in [4.78, 5) is 56.0. The molecule has 5 rings (SSSR count). The number of carbonyl (C=O) groups excluding carboxylic acids is 4. The maximum Gasteiger partial charge on any atom is 0.341 e. The lowest BCUT2D eigenvalue weighted by Crippen LogP contribution is -2.38. The number of fused-ring (bicyclic) bond motifs is 2. The van der Waals surface area contributed by atoms with E-state index in [0.717, 1.165) is 63.9 Å². The SMILES string of the molecule is COC(=O)c1c(NC(=O)CN2C(=O)N[C@H](Cc3c[nH]c4ccccc34)C2=O)sc2c1CCCCC2. The van der Waals surface area contributed by atoms with Crippen molar-refractivity contribution in [3.8, 4) is 0 Å². The summed E-state index contributed by atoms with van der Waals surface area (Å²) < 4.78 is 4.97. The number of para-hydroxylation sites is 1. The number of nitrogens with one attached hydrogen (secondary N) is 3. The number of thiophene rings is 1. The van der Waals surface area contributed by atoms with Gasteiger partial charge in [-0.25, -0.2) is 9.59 Å². The van der Waals surface area contributed by atoms with E-state index in [1.165, 1.54) is 18.4 Å². The van der Waals surface area contributed by atoms with E-state index in [9.17, 15) is 19.2 Å². The molecule has 1 aromatic carbocycles. The van der Waals surface area contributed by atoms with Gasteiger partial charge in [0, 0.05) is 28.4 Å². The van der Waals surface area contributed by atoms with Gasteiger partial charge in [0.25, 0.3) is 5.91 Å². The number of rotatable bonds is 6. The molecular weight excluding hydrogens is 468 g/mol. The zero-order valence-corrected chi connectivity index (χ0v) is 20.1. The average molecular weight is 495 g/mol. The lowest BCUT2D eigenvalue weighted by molar-refractivity contribution is -0.130. The standard InChI is InChI=1S/C25H26N4O5S/c1-34-24(32)21-16-8-3-2-4-10-19(16)35-22(21)28-20(30)13-29-23(31)18(27-25(29)33)11-14-12-26-17-9-6-5-7-15(14)17/h5-7,9,12,18,26H,2-4,8,10-11,13H2,1H3,(H,27,33)(H,28,30)/t18-/m1/s1. The molecule has 0 bridgehead atoms. The van der Waals surface area contributed by atoms with E-state index < -0.39 is 36.4 Å². The number of anilines is 1. The number of aromatic nitrogens is 1. The second-order valence-corrected chi connectivity index (χ2v) is 9.90. The summed E-state index contributed by atoms with van der Waals surface area (Å²) in [5.74, 6) is -1.48. The van der Waals surface area contributed by atoms with Crippen LogP contribution >= 0.6 is 11.3 Å². The fourth-order valence-electron chi connectivity index (χ4n) is 4.84. The van der Waals surface area contributed by atoms with E-state index in [4.69, 9.17) is 4.74 Å². The van der Waals surface area contributed by atoms with Crippen molar-refractivity contribution in [1.82, 2.24) is 15.2 Å². The summed E-state index contributed by atoms with van der Waals surface area (Å²) in [6, 6.07) is 6.37. The summed E-state index contributed by atoms with van der Waals surface area (Å²) in [5.41, 5.74) is 3.18. The van der Waals surface area contributed by atoms with Crippen LogP contribution in [0.3, 0.4) is 0 Å². The van der Waals surface area contributed by atoms with E-state index in [0.29, 0.717) is 17.0 Å². The molecule has 182 valence electrons. The predicted octanol–water partition coefficient (Wildman–Crippen LogP) is 3.39. The molecule has 9 nitrogen and oxygen atoms in total. The molecule has 1 aliphatic carbocycles. The first-order valence-corrected chi connectivity index (χ1v) is 12.5. The third-order valence-corrected chi connectivity index (χ3v) is 7.78. The second kappa shape index (κ2) is 9.53. The van der Waals surface area contributed by atoms with Crippen molar-refractivity contribution in [3.05, 3.63) is 52.0 Å². The summed E-state index contributed by atoms with van der Waals surface area (Å²) in [5, 5.41) is 6.84. The van der Waals surface area contributed by atoms with E-state index >= 15 is 0 Å². The largest absolute Gasteiger partial charge is 0.465 e. The van der Waals surface area contributed by atoms with Crippen LogP contribution in [0.4, 0.5) is 9.80 Å². The van der Waals surface area contributed by atoms with Gasteiger partial charge in [0.1, 0.15) is 17.6 Å². The molecule has 1 saturated heterocycles. The molecule has 1 atom stereocenters. The first kappa shape index (κ1) is 23.1. The van der Waals surface area contributed by atoms with Gasteiger partial charge < -0.3 is 20.4 Å². The molecular formula is C25H26N4O5S. The minimum absolute atomic E-state index is 0.316. The summed E-state index contributed by atoms with van der Waals surface area (Å²) in [7, 11) is 1.32. The van der Waals surface area contributed by atoms with Gasteiger partial charge in [-0.2, -0.15) is 0 Å². The molecule has 0 radical (unpaired) electrons. The number of aromatic amines is 1. The van der Waals surface area contributed by atoms with Crippen LogP contribution in [0.2, 0.25) is 0 Å². The third-order valence-electron chi connectivity index (χ3n) is 6.57. The molecule has 0 saturated carbocycles. The number of hydrogen-bond acceptors (Lipinski definition) is 6. The molecule has 3 aromatic rings. The number of aryl methyl sites for hydroxylation is 1. The maximum absolute atomic E-state index is 13.0. The quantitative estimate of drug-likeness (QED) is 0.276. The highest BCUT2D eigenvalue weighted by molar-refractivity contribution is 7.17. The molecule has 2 aromatic heterocycles. The van der Waals surface area contributed by atoms with Crippen LogP contribution in [-0.2, 0) is 33.6 Å². The number of H-pyrrole nitrogens is 1. The third kappa shape index (κ3) is 4.41. The zero-order chi connectivity index (χ0) is 24.5. The van der Waals surface area contributed by atoms with Gasteiger partial charge in [-0.1, -0.05) is 24.6 Å². The molecule has 0 unspecified atom stereocenters. The molecule has 2 aliphatic rings. The lowest BCUT2D eigenvalue weighted by atomic mass is 10.1. The Labute approximate surface area is 205 Å². The van der Waals surface area contributed by atoms with Crippen molar-refractivity contribution in [1.29, 1.82) is 0 Å². The molecule has 3 heterocycles. The Morgan fingerprint density at radius 2 is 1.97 bits per heavy atom. The van der Waals surface area contributed by atoms with Crippen LogP contribution in [0.25, 0.3) is 10.9 Å². The molecule has 35 heavy (non-hydrogen) atoms. The van der Waals surface area contributed by atoms with Crippen LogP contribution in [0.5, 0.6) is 0 Å². The number of urea groups is 1. The van der Waals surface area contributed by atoms with Crippen LogP contribution in [0.15, 0.2) is 30.5 Å². The summed E-state index contributed by atoms with van der Waals surface area (Å²) in [6.07, 6.45) is 6.85. The van der Waals surface area contributed by atoms with Gasteiger partial charge in [-0.3, -0.25) is 14.5 Å². The van der Waals surface area contributed by atoms with Crippen molar-refractivity contribution in [2.45, 2.75) is 44.6 Å². The molecule has 10 heteroatoms. The van der Waals surface area contributed by atoms with Crippen LogP contribution in [0.1, 0.15) is 45.6 Å². The van der Waals surface area contributed by atoms with Crippen molar-refractivity contribution < 1.29 is 23.9 Å². The highest BCUT2D eigenvalue weighted by Crippen LogP contribution is 2.38. The number of hydrogen-bond donors (Lipinski definition) is 3. The molecule has 0 spiro atoms. The summed E-state index contributed by atoms with van der Waals surface area (Å²) in [6.45, 7) is -0.432. The van der Waals surface area contributed by atoms with Gasteiger partial charge in [0.15, 0.2) is 0 Å². The highest BCUT2D eigenvalue weighted by Gasteiger charge is 2.39. The summed E-state index contributed by atoms with van der Waals surface area (Å²) >= 11 is 1.37. The number of carbonyl (C=O) groups is 4. The smallest absolute Gasteiger partial charge is 0.341 e. The van der Waals surface area contributed by atoms with E-state index in [1.807, 2.05) is 30.5 Å². The number of ether oxygens (including phenoxy) is 1. The minimum Gasteiger partial charge on any atom is -0.465 e. The van der Waals surface area contributed by atoms with Crippen molar-refractivity contribution >= 4 is 51.1 Å². The fourth-order valence-corrected chi connectivity index (χ4v) is 6.14. The number of imide groups is 1. The van der Waals surface area contributed by atoms with Gasteiger partial charge in [0.2, 0.25) is 5.91 Å². The van der Waals surface area contributed by atoms with Crippen molar-refractivity contribution in [3.63, 3.8) is 0 Å². The lowest BCUT2D eigenvalue weighted by Gasteiger charge is -2.13. The molecule has 4 amide bonds. The number of nitrogens with zero attached hydrogens (tertiary/aromatic N) is 1. The Morgan fingerprint density at radius 1 is 1.17 bits per heavy atom. The highest BCUT2D eigenvalue weighted by atomic mass is 32.1. The molecule has 3 N–H and O–H groups in total. The molecule has 1 fully saturated rings. The average Bonchev–Trinajstić information content (AvgIpc) is 3.42. The minimum atomic E-state index is -0.752.